The highest BCUT2D eigenvalue weighted by molar-refractivity contribution is 4.94. The van der Waals surface area contributed by atoms with Gasteiger partial charge < -0.3 is 5.32 Å². The van der Waals surface area contributed by atoms with E-state index >= 15 is 0 Å². The summed E-state index contributed by atoms with van der Waals surface area (Å²) < 4.78 is 2.09. The third kappa shape index (κ3) is 3.14. The van der Waals surface area contributed by atoms with E-state index in [1.54, 1.807) is 0 Å². The fraction of sp³-hybridized carbons (Fsp3) is 0.929. The van der Waals surface area contributed by atoms with E-state index in [9.17, 15) is 0 Å². The highest BCUT2D eigenvalue weighted by Gasteiger charge is 2.32. The van der Waals surface area contributed by atoms with E-state index in [-0.39, 0.29) is 6.04 Å². The van der Waals surface area contributed by atoms with Gasteiger partial charge in [-0.15, -0.1) is 5.10 Å². The van der Waals surface area contributed by atoms with Crippen LogP contribution in [0.15, 0.2) is 0 Å². The smallest absolute Gasteiger partial charge is 0.168 e. The van der Waals surface area contributed by atoms with Gasteiger partial charge in [0.1, 0.15) is 0 Å². The van der Waals surface area contributed by atoms with Gasteiger partial charge in [-0.3, -0.25) is 0 Å². The largest absolute Gasteiger partial charge is 0.308 e. The van der Waals surface area contributed by atoms with Gasteiger partial charge in [-0.25, -0.2) is 4.68 Å². The van der Waals surface area contributed by atoms with Crippen LogP contribution in [-0.2, 0) is 0 Å². The summed E-state index contributed by atoms with van der Waals surface area (Å²) >= 11 is 0. The van der Waals surface area contributed by atoms with Crippen molar-refractivity contribution in [2.75, 3.05) is 6.54 Å². The predicted octanol–water partition coefficient (Wildman–Crippen LogP) is 2.73. The molecule has 3 unspecified atom stereocenters. The molecule has 0 radical (unpaired) electrons. The molecule has 0 spiro atoms. The van der Waals surface area contributed by atoms with Gasteiger partial charge in [0.15, 0.2) is 5.82 Å². The molecule has 1 heterocycles. The molecule has 5 nitrogen and oxygen atoms in total. The third-order valence-corrected chi connectivity index (χ3v) is 4.37. The first kappa shape index (κ1) is 14.4. The summed E-state index contributed by atoms with van der Waals surface area (Å²) in [6.45, 7) is 9.83. The predicted molar refractivity (Wildman–Crippen MR) is 75.7 cm³/mol. The minimum Gasteiger partial charge on any atom is -0.308 e. The summed E-state index contributed by atoms with van der Waals surface area (Å²) in [5.74, 6) is 2.38. The zero-order valence-corrected chi connectivity index (χ0v) is 12.6. The highest BCUT2D eigenvalue weighted by Crippen LogP contribution is 2.38. The van der Waals surface area contributed by atoms with Crippen molar-refractivity contribution in [2.24, 2.45) is 11.8 Å². The van der Waals surface area contributed by atoms with Crippen LogP contribution in [0.5, 0.6) is 0 Å². The molecule has 1 aromatic rings. The van der Waals surface area contributed by atoms with Crippen LogP contribution < -0.4 is 5.32 Å². The number of nitrogens with one attached hydrogen (secondary N) is 1. The second kappa shape index (κ2) is 6.46. The first-order valence-electron chi connectivity index (χ1n) is 7.66. The lowest BCUT2D eigenvalue weighted by molar-refractivity contribution is 0.165. The first-order chi connectivity index (χ1) is 9.15. The van der Waals surface area contributed by atoms with Crippen molar-refractivity contribution in [3.8, 4) is 0 Å². The molecule has 2 rings (SSSR count). The Balaban J connectivity index is 2.22. The maximum Gasteiger partial charge on any atom is 0.168 e. The second-order valence-corrected chi connectivity index (χ2v) is 6.02. The molecule has 0 aliphatic heterocycles. The Bertz CT molecular complexity index is 387. The Labute approximate surface area is 116 Å². The van der Waals surface area contributed by atoms with Crippen LogP contribution in [0.2, 0.25) is 0 Å². The van der Waals surface area contributed by atoms with Crippen LogP contribution in [0.4, 0.5) is 0 Å². The minimum absolute atomic E-state index is 0.217. The second-order valence-electron chi connectivity index (χ2n) is 6.02. The van der Waals surface area contributed by atoms with Crippen molar-refractivity contribution in [1.29, 1.82) is 0 Å². The van der Waals surface area contributed by atoms with Crippen molar-refractivity contribution in [3.05, 3.63) is 5.82 Å². The van der Waals surface area contributed by atoms with E-state index < -0.39 is 0 Å². The van der Waals surface area contributed by atoms with Crippen LogP contribution in [0.3, 0.4) is 0 Å². The lowest BCUT2D eigenvalue weighted by Crippen LogP contribution is -2.31. The molecule has 0 saturated heterocycles. The minimum atomic E-state index is 0.217. The third-order valence-electron chi connectivity index (χ3n) is 4.37. The van der Waals surface area contributed by atoms with Crippen LogP contribution >= 0.6 is 0 Å². The Morgan fingerprint density at radius 3 is 2.68 bits per heavy atom. The Kier molecular flexibility index (Phi) is 4.91. The van der Waals surface area contributed by atoms with Crippen molar-refractivity contribution in [3.63, 3.8) is 0 Å². The molecule has 108 valence electrons. The summed E-state index contributed by atoms with van der Waals surface area (Å²) in [5.41, 5.74) is 0. The summed E-state index contributed by atoms with van der Waals surface area (Å²) in [6, 6.07) is 0.689. The first-order valence-corrected chi connectivity index (χ1v) is 7.66. The molecule has 1 N–H and O–H groups in total. The van der Waals surface area contributed by atoms with Gasteiger partial charge in [0.25, 0.3) is 0 Å². The van der Waals surface area contributed by atoms with Crippen molar-refractivity contribution < 1.29 is 0 Å². The molecular formula is C14H27N5. The monoisotopic (exact) mass is 265 g/mol. The average molecular weight is 265 g/mol. The summed E-state index contributed by atoms with van der Waals surface area (Å²) in [6.07, 6.45) is 5.15. The van der Waals surface area contributed by atoms with E-state index in [1.807, 2.05) is 0 Å². The molecule has 1 fully saturated rings. The molecule has 1 aromatic heterocycles. The molecular weight excluding hydrogens is 238 g/mol. The molecule has 0 amide bonds. The Morgan fingerprint density at radius 1 is 1.26 bits per heavy atom. The zero-order valence-electron chi connectivity index (χ0n) is 12.6. The molecule has 5 heteroatoms. The van der Waals surface area contributed by atoms with Gasteiger partial charge in [-0.1, -0.05) is 33.6 Å². The van der Waals surface area contributed by atoms with Gasteiger partial charge in [0, 0.05) is 0 Å². The highest BCUT2D eigenvalue weighted by atomic mass is 15.6. The van der Waals surface area contributed by atoms with Gasteiger partial charge in [-0.05, 0) is 48.6 Å². The molecule has 3 atom stereocenters. The Hall–Kier alpha value is -0.970. The number of rotatable bonds is 5. The summed E-state index contributed by atoms with van der Waals surface area (Å²) in [4.78, 5) is 0. The summed E-state index contributed by atoms with van der Waals surface area (Å²) in [7, 11) is 0. The molecule has 1 aliphatic rings. The van der Waals surface area contributed by atoms with Gasteiger partial charge in [-0.2, -0.15) is 0 Å². The SMILES string of the molecule is CCNC(C)c1nnnn1C1CCCCC1C(C)C. The quantitative estimate of drug-likeness (QED) is 0.889. The van der Waals surface area contributed by atoms with Crippen LogP contribution in [0.1, 0.15) is 71.3 Å². The van der Waals surface area contributed by atoms with Crippen molar-refractivity contribution >= 4 is 0 Å². The number of hydrogen-bond acceptors (Lipinski definition) is 4. The van der Waals surface area contributed by atoms with Crippen molar-refractivity contribution in [1.82, 2.24) is 25.5 Å². The van der Waals surface area contributed by atoms with Crippen LogP contribution in [-0.4, -0.2) is 26.8 Å². The number of aromatic nitrogens is 4. The molecule has 1 aliphatic carbocycles. The lowest BCUT2D eigenvalue weighted by Gasteiger charge is -2.35. The Morgan fingerprint density at radius 2 is 2.00 bits per heavy atom. The standard InChI is InChI=1S/C14H27N5/c1-5-15-11(4)14-16-17-18-19(14)13-9-7-6-8-12(13)10(2)3/h10-13,15H,5-9H2,1-4H3. The molecule has 0 aromatic carbocycles. The number of nitrogens with zero attached hydrogens (tertiary/aromatic N) is 4. The zero-order chi connectivity index (χ0) is 13.8. The van der Waals surface area contributed by atoms with Crippen LogP contribution in [0.25, 0.3) is 0 Å². The van der Waals surface area contributed by atoms with E-state index in [4.69, 9.17) is 0 Å². The number of tetrazole rings is 1. The van der Waals surface area contributed by atoms with E-state index in [0.717, 1.165) is 12.4 Å². The maximum absolute atomic E-state index is 4.29. The van der Waals surface area contributed by atoms with Crippen molar-refractivity contribution in [2.45, 2.75) is 65.5 Å². The average Bonchev–Trinajstić information content (AvgIpc) is 2.88. The molecule has 0 bridgehead atoms. The van der Waals surface area contributed by atoms with E-state index in [1.165, 1.54) is 25.7 Å². The fourth-order valence-corrected chi connectivity index (χ4v) is 3.34. The van der Waals surface area contributed by atoms with E-state index in [0.29, 0.717) is 17.9 Å². The summed E-state index contributed by atoms with van der Waals surface area (Å²) in [5, 5.41) is 15.9. The van der Waals surface area contributed by atoms with Gasteiger partial charge in [0.2, 0.25) is 0 Å². The fourth-order valence-electron chi connectivity index (χ4n) is 3.34. The van der Waals surface area contributed by atoms with Crippen LogP contribution in [0, 0.1) is 11.8 Å². The van der Waals surface area contributed by atoms with Gasteiger partial charge >= 0.3 is 0 Å². The normalized spacial score (nSPS) is 25.7. The molecule has 19 heavy (non-hydrogen) atoms. The van der Waals surface area contributed by atoms with E-state index in [2.05, 4.69) is 53.2 Å². The lowest BCUT2D eigenvalue weighted by atomic mass is 9.78. The maximum atomic E-state index is 4.29. The number of hydrogen-bond donors (Lipinski definition) is 1. The topological polar surface area (TPSA) is 55.6 Å². The van der Waals surface area contributed by atoms with Gasteiger partial charge in [0.05, 0.1) is 12.1 Å². The molecule has 1 saturated carbocycles.